The molecule has 0 aliphatic rings. The first kappa shape index (κ1) is 21.0. The first-order valence-electron chi connectivity index (χ1n) is 9.14. The van der Waals surface area contributed by atoms with Gasteiger partial charge in [-0.3, -0.25) is 4.79 Å². The van der Waals surface area contributed by atoms with Crippen molar-refractivity contribution in [1.82, 2.24) is 5.32 Å². The molecule has 6 heteroatoms. The molecule has 2 amide bonds. The average Bonchev–Trinajstić information content (AvgIpc) is 2.66. The number of para-hydroxylation sites is 1. The quantitative estimate of drug-likeness (QED) is 0.520. The number of carbonyl (C=O) groups is 2. The lowest BCUT2D eigenvalue weighted by Crippen LogP contribution is -2.34. The van der Waals surface area contributed by atoms with Gasteiger partial charge in [0.25, 0.3) is 0 Å². The lowest BCUT2D eigenvalue weighted by molar-refractivity contribution is 0.104. The van der Waals surface area contributed by atoms with E-state index in [1.165, 1.54) is 6.08 Å². The lowest BCUT2D eigenvalue weighted by atomic mass is 10.1. The molecular formula is C22H26N2O4. The van der Waals surface area contributed by atoms with E-state index in [0.29, 0.717) is 29.4 Å². The number of rotatable bonds is 8. The summed E-state index contributed by atoms with van der Waals surface area (Å²) in [4.78, 5) is 24.2. The minimum absolute atomic E-state index is 0.0456. The summed E-state index contributed by atoms with van der Waals surface area (Å²) >= 11 is 0. The molecule has 0 heterocycles. The number of carbonyl (C=O) groups excluding carboxylic acids is 2. The van der Waals surface area contributed by atoms with Gasteiger partial charge in [0.2, 0.25) is 0 Å². The molecule has 2 rings (SSSR count). The molecule has 0 aromatic heterocycles. The number of ether oxygens (including phenoxy) is 2. The fourth-order valence-electron chi connectivity index (χ4n) is 2.56. The second kappa shape index (κ2) is 10.2. The number of allylic oxidation sites excluding steroid dienone is 1. The van der Waals surface area contributed by atoms with Crippen molar-refractivity contribution < 1.29 is 19.1 Å². The minimum atomic E-state index is -0.282. The Morgan fingerprint density at radius 3 is 2.43 bits per heavy atom. The van der Waals surface area contributed by atoms with Crippen LogP contribution in [-0.4, -0.2) is 31.6 Å². The van der Waals surface area contributed by atoms with Gasteiger partial charge in [0.1, 0.15) is 0 Å². The highest BCUT2D eigenvalue weighted by Crippen LogP contribution is 2.32. The standard InChI is InChI=1S/C22H26N2O4/c1-5-28-20-8-6-7-17(21(20)27-4)11-14-19(25)16-9-12-18(13-10-16)24-22(26)23-15(2)3/h6-15H,5H2,1-4H3,(H2,23,24,26)/b14-11+. The van der Waals surface area contributed by atoms with Gasteiger partial charge in [0.15, 0.2) is 17.3 Å². The van der Waals surface area contributed by atoms with Crippen LogP contribution in [0.3, 0.4) is 0 Å². The van der Waals surface area contributed by atoms with Gasteiger partial charge in [-0.1, -0.05) is 12.1 Å². The Morgan fingerprint density at radius 2 is 1.82 bits per heavy atom. The van der Waals surface area contributed by atoms with Crippen molar-refractivity contribution in [1.29, 1.82) is 0 Å². The minimum Gasteiger partial charge on any atom is -0.492 e. The highest BCUT2D eigenvalue weighted by molar-refractivity contribution is 6.07. The third-order valence-corrected chi connectivity index (χ3v) is 3.77. The predicted octanol–water partition coefficient (Wildman–Crippen LogP) is 4.52. The van der Waals surface area contributed by atoms with E-state index >= 15 is 0 Å². The molecule has 0 unspecified atom stereocenters. The van der Waals surface area contributed by atoms with Crippen molar-refractivity contribution in [3.63, 3.8) is 0 Å². The fraction of sp³-hybridized carbons (Fsp3) is 0.273. The van der Waals surface area contributed by atoms with Gasteiger partial charge in [-0.2, -0.15) is 0 Å². The summed E-state index contributed by atoms with van der Waals surface area (Å²) in [6.07, 6.45) is 3.19. The Balaban J connectivity index is 2.09. The van der Waals surface area contributed by atoms with Crippen LogP contribution in [0.25, 0.3) is 6.08 Å². The van der Waals surface area contributed by atoms with E-state index in [1.807, 2.05) is 39.0 Å². The number of hydrogen-bond acceptors (Lipinski definition) is 4. The largest absolute Gasteiger partial charge is 0.492 e. The van der Waals surface area contributed by atoms with Crippen LogP contribution >= 0.6 is 0 Å². The van der Waals surface area contributed by atoms with Crippen LogP contribution in [0, 0.1) is 0 Å². The van der Waals surface area contributed by atoms with Crippen molar-refractivity contribution >= 4 is 23.6 Å². The number of amides is 2. The SMILES string of the molecule is CCOc1cccc(/C=C/C(=O)c2ccc(NC(=O)NC(C)C)cc2)c1OC. The van der Waals surface area contributed by atoms with Crippen molar-refractivity contribution in [2.75, 3.05) is 19.0 Å². The van der Waals surface area contributed by atoms with Crippen molar-refractivity contribution in [2.45, 2.75) is 26.8 Å². The van der Waals surface area contributed by atoms with Crippen LogP contribution in [0.2, 0.25) is 0 Å². The normalized spacial score (nSPS) is 10.8. The molecule has 2 aromatic rings. The zero-order chi connectivity index (χ0) is 20.5. The van der Waals surface area contributed by atoms with E-state index in [9.17, 15) is 9.59 Å². The summed E-state index contributed by atoms with van der Waals surface area (Å²) < 4.78 is 11.0. The third-order valence-electron chi connectivity index (χ3n) is 3.77. The molecule has 0 saturated heterocycles. The molecule has 2 N–H and O–H groups in total. The van der Waals surface area contributed by atoms with Gasteiger partial charge in [-0.05, 0) is 63.3 Å². The second-order valence-electron chi connectivity index (χ2n) is 6.34. The topological polar surface area (TPSA) is 76.7 Å². The van der Waals surface area contributed by atoms with Gasteiger partial charge in [0.05, 0.1) is 13.7 Å². The number of benzene rings is 2. The maximum absolute atomic E-state index is 12.4. The van der Waals surface area contributed by atoms with Crippen molar-refractivity contribution in [2.24, 2.45) is 0 Å². The summed E-state index contributed by atoms with van der Waals surface area (Å²) in [5.74, 6) is 1.07. The number of urea groups is 1. The van der Waals surface area contributed by atoms with E-state index in [-0.39, 0.29) is 17.9 Å². The summed E-state index contributed by atoms with van der Waals surface area (Å²) in [7, 11) is 1.57. The summed E-state index contributed by atoms with van der Waals surface area (Å²) in [5.41, 5.74) is 1.89. The molecule has 0 fully saturated rings. The van der Waals surface area contributed by atoms with E-state index < -0.39 is 0 Å². The summed E-state index contributed by atoms with van der Waals surface area (Å²) in [6, 6.07) is 12.0. The van der Waals surface area contributed by atoms with Crippen molar-refractivity contribution in [3.05, 3.63) is 59.7 Å². The van der Waals surface area contributed by atoms with Gasteiger partial charge in [0, 0.05) is 22.9 Å². The van der Waals surface area contributed by atoms with Crippen LogP contribution < -0.4 is 20.1 Å². The molecule has 148 valence electrons. The molecule has 0 radical (unpaired) electrons. The molecule has 0 atom stereocenters. The van der Waals surface area contributed by atoms with Crippen molar-refractivity contribution in [3.8, 4) is 11.5 Å². The molecular weight excluding hydrogens is 356 g/mol. The van der Waals surface area contributed by atoms with E-state index in [1.54, 1.807) is 37.5 Å². The summed E-state index contributed by atoms with van der Waals surface area (Å²) in [6.45, 7) is 6.19. The Hall–Kier alpha value is -3.28. The third kappa shape index (κ3) is 5.87. The van der Waals surface area contributed by atoms with E-state index in [4.69, 9.17) is 9.47 Å². The highest BCUT2D eigenvalue weighted by Gasteiger charge is 2.09. The monoisotopic (exact) mass is 382 g/mol. The molecule has 28 heavy (non-hydrogen) atoms. The van der Waals surface area contributed by atoms with Crippen LogP contribution in [-0.2, 0) is 0 Å². The molecule has 0 aliphatic heterocycles. The summed E-state index contributed by atoms with van der Waals surface area (Å²) in [5, 5.41) is 5.46. The maximum Gasteiger partial charge on any atom is 0.319 e. The first-order chi connectivity index (χ1) is 13.4. The number of nitrogens with one attached hydrogen (secondary N) is 2. The highest BCUT2D eigenvalue weighted by atomic mass is 16.5. The second-order valence-corrected chi connectivity index (χ2v) is 6.34. The molecule has 0 saturated carbocycles. The smallest absolute Gasteiger partial charge is 0.319 e. The van der Waals surface area contributed by atoms with Crippen LogP contribution in [0.4, 0.5) is 10.5 Å². The molecule has 0 spiro atoms. The number of ketones is 1. The Bertz CT molecular complexity index is 842. The maximum atomic E-state index is 12.4. The van der Waals surface area contributed by atoms with Crippen LogP contribution in [0.15, 0.2) is 48.5 Å². The van der Waals surface area contributed by atoms with Gasteiger partial charge in [-0.25, -0.2) is 4.79 Å². The molecule has 0 bridgehead atoms. The number of anilines is 1. The first-order valence-corrected chi connectivity index (χ1v) is 9.14. The lowest BCUT2D eigenvalue weighted by Gasteiger charge is -2.11. The Labute approximate surface area is 165 Å². The molecule has 2 aromatic carbocycles. The van der Waals surface area contributed by atoms with E-state index in [0.717, 1.165) is 5.56 Å². The number of hydrogen-bond donors (Lipinski definition) is 2. The van der Waals surface area contributed by atoms with E-state index in [2.05, 4.69) is 10.6 Å². The fourth-order valence-corrected chi connectivity index (χ4v) is 2.56. The predicted molar refractivity (Wildman–Crippen MR) is 111 cm³/mol. The number of methoxy groups -OCH3 is 1. The van der Waals surface area contributed by atoms with Gasteiger partial charge >= 0.3 is 6.03 Å². The van der Waals surface area contributed by atoms with Gasteiger partial charge < -0.3 is 20.1 Å². The zero-order valence-electron chi connectivity index (χ0n) is 16.6. The molecule has 6 nitrogen and oxygen atoms in total. The average molecular weight is 382 g/mol. The van der Waals surface area contributed by atoms with Gasteiger partial charge in [-0.15, -0.1) is 0 Å². The zero-order valence-corrected chi connectivity index (χ0v) is 16.6. The van der Waals surface area contributed by atoms with Crippen LogP contribution in [0.5, 0.6) is 11.5 Å². The van der Waals surface area contributed by atoms with Crippen LogP contribution in [0.1, 0.15) is 36.7 Å². The molecule has 0 aliphatic carbocycles. The Kier molecular flexibility index (Phi) is 7.63. The Morgan fingerprint density at radius 1 is 1.11 bits per heavy atom.